The first-order valence-electron chi connectivity index (χ1n) is 17.0. The van der Waals surface area contributed by atoms with E-state index >= 15 is 0 Å². The van der Waals surface area contributed by atoms with Crippen LogP contribution in [0.1, 0.15) is 54.9 Å². The molecule has 0 aromatic rings. The van der Waals surface area contributed by atoms with E-state index in [-0.39, 0.29) is 17.9 Å². The minimum atomic E-state index is -1.47. The second-order valence-electron chi connectivity index (χ2n) is 16.6. The molecule has 1 spiro atoms. The predicted octanol–water partition coefficient (Wildman–Crippen LogP) is 0.549. The summed E-state index contributed by atoms with van der Waals surface area (Å²) in [5, 5.41) is 25.1. The first kappa shape index (κ1) is 32.3. The number of carbonyl (C=O) groups excluding carboxylic acids is 3. The van der Waals surface area contributed by atoms with E-state index in [0.717, 1.165) is 0 Å². The Hall–Kier alpha value is -1.87. The molecule has 5 saturated carbocycles. The van der Waals surface area contributed by atoms with Gasteiger partial charge in [-0.2, -0.15) is 0 Å². The number of fused-ring (bicyclic) bond motifs is 9. The van der Waals surface area contributed by atoms with Crippen molar-refractivity contribution in [3.63, 3.8) is 0 Å². The number of hydrogen-bond acceptors (Lipinski definition) is 13. The fourth-order valence-electron chi connectivity index (χ4n) is 13.4. The van der Waals surface area contributed by atoms with E-state index in [2.05, 4.69) is 0 Å². The molecule has 0 aromatic carbocycles. The Morgan fingerprint density at radius 2 is 1.60 bits per heavy atom. The van der Waals surface area contributed by atoms with Crippen molar-refractivity contribution in [1.82, 2.24) is 0 Å². The van der Waals surface area contributed by atoms with Crippen molar-refractivity contribution in [3.8, 4) is 0 Å². The van der Waals surface area contributed by atoms with E-state index in [9.17, 15) is 24.6 Å². The lowest BCUT2D eigenvalue weighted by molar-refractivity contribution is -0.285. The SMILES string of the molecule is CO[C@@H]1C2C([C@H](OC(C)=O)[C@H](OC(C)=O)[C@]3(C)[C@H]4[C@H](C)[C@H]5O[C@]56OC(=O)[C@@](C)(OC)[C@]6(C)[C@@H]4[C@H](O)[C@@H]23)[C@]2(C)[C@H](C[C@@H]3O[C@@H]3[C@@H]2O)[C@@H]1N. The molecule has 3 heterocycles. The summed E-state index contributed by atoms with van der Waals surface area (Å²) in [6.45, 7) is 12.2. The molecule has 8 rings (SSSR count). The van der Waals surface area contributed by atoms with Crippen molar-refractivity contribution in [2.24, 2.45) is 63.4 Å². The highest BCUT2D eigenvalue weighted by Crippen LogP contribution is 2.81. The first-order valence-corrected chi connectivity index (χ1v) is 17.0. The fourth-order valence-corrected chi connectivity index (χ4v) is 13.4. The van der Waals surface area contributed by atoms with Gasteiger partial charge in [0.05, 0.1) is 29.8 Å². The number of aliphatic hydroxyl groups excluding tert-OH is 2. The Bertz CT molecular complexity index is 1430. The third-order valence-electron chi connectivity index (χ3n) is 15.4. The lowest BCUT2D eigenvalue weighted by atomic mass is 9.40. The molecule has 0 aromatic heterocycles. The molecule has 4 N–H and O–H groups in total. The number of methoxy groups -OCH3 is 2. The van der Waals surface area contributed by atoms with Crippen LogP contribution in [0, 0.1) is 57.7 Å². The average Bonchev–Trinajstić information content (AvgIpc) is 3.90. The van der Waals surface area contributed by atoms with E-state index in [1.807, 2.05) is 27.7 Å². The molecule has 262 valence electrons. The third kappa shape index (κ3) is 3.34. The van der Waals surface area contributed by atoms with Gasteiger partial charge in [0.25, 0.3) is 0 Å². The van der Waals surface area contributed by atoms with Gasteiger partial charge in [-0.25, -0.2) is 4.79 Å². The van der Waals surface area contributed by atoms with Gasteiger partial charge in [0.1, 0.15) is 24.4 Å². The van der Waals surface area contributed by atoms with E-state index in [4.69, 9.17) is 38.9 Å². The molecule has 3 aliphatic heterocycles. The van der Waals surface area contributed by atoms with E-state index in [1.165, 1.54) is 21.0 Å². The molecule has 13 heteroatoms. The van der Waals surface area contributed by atoms with Crippen molar-refractivity contribution in [2.75, 3.05) is 14.2 Å². The molecule has 47 heavy (non-hydrogen) atoms. The molecular formula is C34H49NO12. The highest BCUT2D eigenvalue weighted by Gasteiger charge is 2.93. The summed E-state index contributed by atoms with van der Waals surface area (Å²) in [4.78, 5) is 39.7. The maximum absolute atomic E-state index is 13.6. The van der Waals surface area contributed by atoms with Crippen LogP contribution in [0.15, 0.2) is 0 Å². The van der Waals surface area contributed by atoms with Gasteiger partial charge in [0, 0.05) is 62.7 Å². The molecule has 0 bridgehead atoms. The van der Waals surface area contributed by atoms with Gasteiger partial charge in [-0.05, 0) is 43.9 Å². The zero-order valence-corrected chi connectivity index (χ0v) is 28.5. The number of aliphatic hydroxyl groups is 2. The zero-order valence-electron chi connectivity index (χ0n) is 28.5. The molecule has 3 saturated heterocycles. The largest absolute Gasteiger partial charge is 0.458 e. The number of carbonyl (C=O) groups is 3. The van der Waals surface area contributed by atoms with Crippen molar-refractivity contribution in [1.29, 1.82) is 0 Å². The molecule has 5 aliphatic carbocycles. The molecule has 2 unspecified atom stereocenters. The second kappa shape index (κ2) is 9.46. The number of rotatable bonds is 4. The predicted molar refractivity (Wildman–Crippen MR) is 159 cm³/mol. The van der Waals surface area contributed by atoms with Crippen LogP contribution in [-0.4, -0.2) is 109 Å². The van der Waals surface area contributed by atoms with Crippen LogP contribution in [0.5, 0.6) is 0 Å². The third-order valence-corrected chi connectivity index (χ3v) is 15.4. The van der Waals surface area contributed by atoms with Crippen LogP contribution >= 0.6 is 0 Å². The molecule has 0 radical (unpaired) electrons. The maximum atomic E-state index is 13.6. The summed E-state index contributed by atoms with van der Waals surface area (Å²) >= 11 is 0. The molecular weight excluding hydrogens is 614 g/mol. The minimum Gasteiger partial charge on any atom is -0.458 e. The summed E-state index contributed by atoms with van der Waals surface area (Å²) in [5.74, 6) is -6.46. The number of epoxide rings is 2. The van der Waals surface area contributed by atoms with Gasteiger partial charge < -0.3 is 49.1 Å². The second-order valence-corrected chi connectivity index (χ2v) is 16.6. The van der Waals surface area contributed by atoms with Crippen LogP contribution in [0.2, 0.25) is 0 Å². The Morgan fingerprint density at radius 1 is 0.936 bits per heavy atom. The summed E-state index contributed by atoms with van der Waals surface area (Å²) in [7, 11) is 3.05. The number of nitrogens with two attached hydrogens (primary N) is 1. The zero-order chi connectivity index (χ0) is 34.1. The fraction of sp³-hybridized carbons (Fsp3) is 0.912. The summed E-state index contributed by atoms with van der Waals surface area (Å²) < 4.78 is 43.2. The number of hydrogen-bond donors (Lipinski definition) is 3. The molecule has 0 amide bonds. The Kier molecular flexibility index (Phi) is 6.51. The van der Waals surface area contributed by atoms with Gasteiger partial charge in [-0.15, -0.1) is 0 Å². The Labute approximate surface area is 274 Å². The average molecular weight is 664 g/mol. The van der Waals surface area contributed by atoms with Gasteiger partial charge in [-0.1, -0.05) is 20.8 Å². The summed E-state index contributed by atoms with van der Waals surface area (Å²) in [6, 6.07) is -0.551. The molecule has 8 fully saturated rings. The lowest BCUT2D eigenvalue weighted by Gasteiger charge is -2.67. The van der Waals surface area contributed by atoms with Crippen molar-refractivity contribution in [2.45, 2.75) is 121 Å². The van der Waals surface area contributed by atoms with Crippen LogP contribution in [-0.2, 0) is 47.5 Å². The van der Waals surface area contributed by atoms with Crippen LogP contribution < -0.4 is 5.73 Å². The van der Waals surface area contributed by atoms with Gasteiger partial charge in [0.15, 0.2) is 5.60 Å². The quantitative estimate of drug-likeness (QED) is 0.215. The minimum absolute atomic E-state index is 0.135. The first-order chi connectivity index (χ1) is 21.9. The number of esters is 3. The highest BCUT2D eigenvalue weighted by atomic mass is 16.8. The van der Waals surface area contributed by atoms with Crippen molar-refractivity contribution < 1.29 is 57.8 Å². The summed E-state index contributed by atoms with van der Waals surface area (Å²) in [6.07, 6.45) is -5.17. The van der Waals surface area contributed by atoms with Crippen LogP contribution in [0.25, 0.3) is 0 Å². The maximum Gasteiger partial charge on any atom is 0.341 e. The Balaban J connectivity index is 1.39. The lowest BCUT2D eigenvalue weighted by Crippen LogP contribution is -2.76. The van der Waals surface area contributed by atoms with Crippen molar-refractivity contribution >= 4 is 17.9 Å². The van der Waals surface area contributed by atoms with Crippen LogP contribution in [0.3, 0.4) is 0 Å². The summed E-state index contributed by atoms with van der Waals surface area (Å²) in [5.41, 5.74) is 2.50. The Morgan fingerprint density at radius 3 is 2.19 bits per heavy atom. The standard InChI is InChI=1S/C34H49NO12/c1-11-17-20(32(6)33(7,42-9)29(40)47-34(32)27(11)46-34)22(38)18-16-19(25(43-12(2)36)28(31(17,18)5)44-13(3)37)30(4)14(21(35)24(16)41-8)10-15-23(45-15)26(30)39/h11,14-28,38-39H,10,35H2,1-9H3/t11-,14+,15-,16?,17-,18+,19?,20-,21-,22+,23-,24+,25-,26-,27+,28-,30-,31+,32-,33+,34-/m0/s1. The normalized spacial score (nSPS) is 62.3. The van der Waals surface area contributed by atoms with E-state index in [1.54, 1.807) is 14.0 Å². The van der Waals surface area contributed by atoms with Crippen LogP contribution in [0.4, 0.5) is 0 Å². The van der Waals surface area contributed by atoms with E-state index < -0.39 is 124 Å². The van der Waals surface area contributed by atoms with Gasteiger partial charge in [-0.3, -0.25) is 9.59 Å². The van der Waals surface area contributed by atoms with Gasteiger partial charge in [0.2, 0.25) is 5.79 Å². The highest BCUT2D eigenvalue weighted by molar-refractivity contribution is 5.85. The molecule has 21 atom stereocenters. The monoisotopic (exact) mass is 663 g/mol. The topological polar surface area (TPSA) is 189 Å². The van der Waals surface area contributed by atoms with E-state index in [0.29, 0.717) is 6.42 Å². The molecule has 13 nitrogen and oxygen atoms in total. The van der Waals surface area contributed by atoms with Crippen molar-refractivity contribution in [3.05, 3.63) is 0 Å². The number of ether oxygens (including phenoxy) is 7. The molecule has 8 aliphatic rings. The van der Waals surface area contributed by atoms with Gasteiger partial charge >= 0.3 is 17.9 Å². The smallest absolute Gasteiger partial charge is 0.341 e.